The van der Waals surface area contributed by atoms with Crippen molar-refractivity contribution in [1.29, 1.82) is 0 Å². The first-order valence-electron chi connectivity index (χ1n) is 9.18. The van der Waals surface area contributed by atoms with Gasteiger partial charge in [-0.25, -0.2) is 9.37 Å². The number of halogens is 1. The first kappa shape index (κ1) is 19.6. The Morgan fingerprint density at radius 2 is 2.21 bits per heavy atom. The van der Waals surface area contributed by atoms with Crippen molar-refractivity contribution in [3.8, 4) is 11.1 Å². The van der Waals surface area contributed by atoms with E-state index in [0.717, 1.165) is 36.3 Å². The third-order valence-corrected chi connectivity index (χ3v) is 6.74. The molecule has 0 bridgehead atoms. The van der Waals surface area contributed by atoms with E-state index in [1.54, 1.807) is 35.6 Å². The molecule has 0 unspecified atom stereocenters. The minimum Gasteiger partial charge on any atom is -0.383 e. The predicted molar refractivity (Wildman–Crippen MR) is 111 cm³/mol. The number of methoxy groups -OCH3 is 1. The summed E-state index contributed by atoms with van der Waals surface area (Å²) in [5, 5.41) is 3.19. The molecule has 0 saturated carbocycles. The molecule has 1 aliphatic rings. The highest BCUT2D eigenvalue weighted by molar-refractivity contribution is 7.99. The van der Waals surface area contributed by atoms with Crippen molar-refractivity contribution < 1.29 is 13.9 Å². The van der Waals surface area contributed by atoms with E-state index in [9.17, 15) is 9.18 Å². The van der Waals surface area contributed by atoms with Crippen LogP contribution in [-0.4, -0.2) is 41.7 Å². The second-order valence-corrected chi connectivity index (χ2v) is 8.47. The summed E-state index contributed by atoms with van der Waals surface area (Å²) in [4.78, 5) is 18.8. The highest BCUT2D eigenvalue weighted by Crippen LogP contribution is 2.32. The lowest BCUT2D eigenvalue weighted by Crippen LogP contribution is -2.25. The second-order valence-electron chi connectivity index (χ2n) is 6.63. The first-order chi connectivity index (χ1) is 13.7. The van der Waals surface area contributed by atoms with E-state index < -0.39 is 0 Å². The monoisotopic (exact) mass is 420 g/mol. The van der Waals surface area contributed by atoms with Crippen LogP contribution in [0.25, 0.3) is 21.3 Å². The van der Waals surface area contributed by atoms with Crippen LogP contribution in [0.4, 0.5) is 4.39 Å². The number of hydrogen-bond donors (Lipinski definition) is 0. The second kappa shape index (κ2) is 8.73. The molecule has 0 aliphatic carbocycles. The van der Waals surface area contributed by atoms with Crippen molar-refractivity contribution in [2.45, 2.75) is 30.6 Å². The Bertz CT molecular complexity index is 1010. The molecule has 5 nitrogen and oxygen atoms in total. The molecule has 148 valence electrons. The fraction of sp³-hybridized carbons (Fsp3) is 0.400. The molecule has 1 fully saturated rings. The molecule has 8 heteroatoms. The van der Waals surface area contributed by atoms with Gasteiger partial charge in [0.1, 0.15) is 10.6 Å². The number of thiophene rings is 1. The molecule has 1 aliphatic heterocycles. The van der Waals surface area contributed by atoms with Gasteiger partial charge in [-0.3, -0.25) is 9.36 Å². The maximum Gasteiger partial charge on any atom is 0.263 e. The lowest BCUT2D eigenvalue weighted by molar-refractivity contribution is 0.128. The molecule has 2 aromatic heterocycles. The Balaban J connectivity index is 1.75. The van der Waals surface area contributed by atoms with Crippen LogP contribution in [-0.2, 0) is 16.0 Å². The largest absolute Gasteiger partial charge is 0.383 e. The van der Waals surface area contributed by atoms with Gasteiger partial charge in [-0.1, -0.05) is 23.9 Å². The molecule has 3 aromatic rings. The maximum absolute atomic E-state index is 13.3. The number of rotatable bonds is 7. The summed E-state index contributed by atoms with van der Waals surface area (Å²) in [6.45, 7) is 1.67. The number of hydrogen-bond acceptors (Lipinski definition) is 6. The smallest absolute Gasteiger partial charge is 0.263 e. The normalized spacial score (nSPS) is 16.9. The number of ether oxygens (including phenoxy) is 2. The molecular weight excluding hydrogens is 399 g/mol. The zero-order valence-corrected chi connectivity index (χ0v) is 17.2. The minimum absolute atomic E-state index is 0.0857. The Morgan fingerprint density at radius 1 is 1.39 bits per heavy atom. The number of fused-ring (bicyclic) bond motifs is 1. The van der Waals surface area contributed by atoms with Crippen molar-refractivity contribution in [2.24, 2.45) is 0 Å². The lowest BCUT2D eigenvalue weighted by Gasteiger charge is -2.14. The first-order valence-corrected chi connectivity index (χ1v) is 11.0. The quantitative estimate of drug-likeness (QED) is 0.424. The molecule has 1 aromatic carbocycles. The summed E-state index contributed by atoms with van der Waals surface area (Å²) in [5.41, 5.74) is 1.52. The Kier molecular flexibility index (Phi) is 6.10. The zero-order chi connectivity index (χ0) is 19.5. The standard InChI is InChI=1S/C20H21FN2O3S2/c1-25-10-8-23-19(24)17-16(13-4-6-14(21)7-5-13)12-27-18(17)22-20(23)28-11-15-3-2-9-26-15/h4-7,12,15H,2-3,8-11H2,1H3/t15-/m0/s1. The molecule has 0 N–H and O–H groups in total. The van der Waals surface area contributed by atoms with Crippen LogP contribution in [0.15, 0.2) is 39.6 Å². The number of nitrogens with zero attached hydrogens (tertiary/aromatic N) is 2. The zero-order valence-electron chi connectivity index (χ0n) is 15.5. The minimum atomic E-state index is -0.299. The van der Waals surface area contributed by atoms with Crippen LogP contribution in [0.1, 0.15) is 12.8 Å². The molecule has 28 heavy (non-hydrogen) atoms. The van der Waals surface area contributed by atoms with Crippen LogP contribution < -0.4 is 5.56 Å². The molecule has 0 radical (unpaired) electrons. The SMILES string of the molecule is COCCn1c(SC[C@@H]2CCCO2)nc2scc(-c3ccc(F)cc3)c2c1=O. The maximum atomic E-state index is 13.3. The number of thioether (sulfide) groups is 1. The van der Waals surface area contributed by atoms with Gasteiger partial charge in [0.05, 0.1) is 24.6 Å². The average molecular weight is 421 g/mol. The third kappa shape index (κ3) is 4.00. The van der Waals surface area contributed by atoms with E-state index in [4.69, 9.17) is 14.5 Å². The van der Waals surface area contributed by atoms with Crippen LogP contribution >= 0.6 is 23.1 Å². The highest BCUT2D eigenvalue weighted by atomic mass is 32.2. The van der Waals surface area contributed by atoms with E-state index in [1.807, 2.05) is 5.38 Å². The average Bonchev–Trinajstić information content (AvgIpc) is 3.36. The van der Waals surface area contributed by atoms with Crippen molar-refractivity contribution in [1.82, 2.24) is 9.55 Å². The van der Waals surface area contributed by atoms with Crippen LogP contribution in [0, 0.1) is 5.82 Å². The molecule has 0 amide bonds. The summed E-state index contributed by atoms with van der Waals surface area (Å²) in [6, 6.07) is 6.19. The Hall–Kier alpha value is -1.74. The number of aromatic nitrogens is 2. The van der Waals surface area contributed by atoms with Gasteiger partial charge in [0, 0.05) is 30.4 Å². The molecule has 1 atom stereocenters. The fourth-order valence-corrected chi connectivity index (χ4v) is 5.36. The van der Waals surface area contributed by atoms with E-state index in [1.165, 1.54) is 23.5 Å². The van der Waals surface area contributed by atoms with Crippen LogP contribution in [0.2, 0.25) is 0 Å². The van der Waals surface area contributed by atoms with Crippen LogP contribution in [0.3, 0.4) is 0 Å². The van der Waals surface area contributed by atoms with Crippen molar-refractivity contribution in [3.05, 3.63) is 45.8 Å². The van der Waals surface area contributed by atoms with E-state index in [2.05, 4.69) is 0 Å². The summed E-state index contributed by atoms with van der Waals surface area (Å²) in [7, 11) is 1.62. The topological polar surface area (TPSA) is 53.4 Å². The summed E-state index contributed by atoms with van der Waals surface area (Å²) in [5.74, 6) is 0.480. The molecule has 4 rings (SSSR count). The Labute approximate surface area is 170 Å². The van der Waals surface area contributed by atoms with Gasteiger partial charge in [-0.05, 0) is 30.5 Å². The van der Waals surface area contributed by atoms with Crippen molar-refractivity contribution in [3.63, 3.8) is 0 Å². The van der Waals surface area contributed by atoms with Gasteiger partial charge >= 0.3 is 0 Å². The van der Waals surface area contributed by atoms with Gasteiger partial charge in [-0.2, -0.15) is 0 Å². The highest BCUT2D eigenvalue weighted by Gasteiger charge is 2.20. The van der Waals surface area contributed by atoms with Crippen molar-refractivity contribution >= 4 is 33.3 Å². The molecular formula is C20H21FN2O3S2. The number of benzene rings is 1. The summed E-state index contributed by atoms with van der Waals surface area (Å²) >= 11 is 3.00. The van der Waals surface area contributed by atoms with Gasteiger partial charge in [0.15, 0.2) is 5.16 Å². The molecule has 0 spiro atoms. The summed E-state index contributed by atoms with van der Waals surface area (Å²) in [6.07, 6.45) is 2.34. The van der Waals surface area contributed by atoms with Crippen molar-refractivity contribution in [2.75, 3.05) is 26.1 Å². The summed E-state index contributed by atoms with van der Waals surface area (Å²) < 4.78 is 25.9. The van der Waals surface area contributed by atoms with Gasteiger partial charge in [0.25, 0.3) is 5.56 Å². The molecule has 3 heterocycles. The van der Waals surface area contributed by atoms with Gasteiger partial charge in [-0.15, -0.1) is 11.3 Å². The Morgan fingerprint density at radius 3 is 2.93 bits per heavy atom. The predicted octanol–water partition coefficient (Wildman–Crippen LogP) is 4.18. The fourth-order valence-electron chi connectivity index (χ4n) is 3.28. The van der Waals surface area contributed by atoms with Gasteiger partial charge < -0.3 is 9.47 Å². The van der Waals surface area contributed by atoms with Crippen LogP contribution in [0.5, 0.6) is 0 Å². The van der Waals surface area contributed by atoms with E-state index >= 15 is 0 Å². The lowest BCUT2D eigenvalue weighted by atomic mass is 10.1. The van der Waals surface area contributed by atoms with Gasteiger partial charge in [0.2, 0.25) is 0 Å². The van der Waals surface area contributed by atoms with E-state index in [0.29, 0.717) is 28.5 Å². The van der Waals surface area contributed by atoms with E-state index in [-0.39, 0.29) is 17.5 Å². The third-order valence-electron chi connectivity index (χ3n) is 4.76. The molecule has 1 saturated heterocycles.